The van der Waals surface area contributed by atoms with Crippen molar-refractivity contribution in [1.29, 1.82) is 0 Å². The van der Waals surface area contributed by atoms with Crippen LogP contribution in [-0.2, 0) is 0 Å². The highest BCUT2D eigenvalue weighted by atomic mass is 35.5. The average Bonchev–Trinajstić information content (AvgIpc) is 3.22. The van der Waals surface area contributed by atoms with Gasteiger partial charge in [-0.15, -0.1) is 24.8 Å². The molecule has 1 saturated carbocycles. The van der Waals surface area contributed by atoms with Gasteiger partial charge in [-0.2, -0.15) is 0 Å². The van der Waals surface area contributed by atoms with Crippen molar-refractivity contribution in [3.05, 3.63) is 34.3 Å². The van der Waals surface area contributed by atoms with Crippen molar-refractivity contribution in [2.75, 3.05) is 26.2 Å². The maximum atomic E-state index is 6.51. The highest BCUT2D eigenvalue weighted by Crippen LogP contribution is 2.42. The Morgan fingerprint density at radius 1 is 1.24 bits per heavy atom. The molecule has 0 aromatic heterocycles. The molecule has 1 heterocycles. The fraction of sp³-hybridized carbons (Fsp3) is 0.625. The van der Waals surface area contributed by atoms with Crippen molar-refractivity contribution in [3.63, 3.8) is 0 Å². The Bertz CT molecular complexity index is 423. The molecule has 5 heteroatoms. The van der Waals surface area contributed by atoms with E-state index < -0.39 is 0 Å². The van der Waals surface area contributed by atoms with Crippen LogP contribution in [-0.4, -0.2) is 31.1 Å². The summed E-state index contributed by atoms with van der Waals surface area (Å²) in [6.07, 6.45) is 4.10. The molecule has 120 valence electrons. The van der Waals surface area contributed by atoms with E-state index in [1.54, 1.807) is 0 Å². The largest absolute Gasteiger partial charge is 0.314 e. The number of nitrogens with one attached hydrogen (secondary N) is 1. The van der Waals surface area contributed by atoms with Gasteiger partial charge in [0.1, 0.15) is 0 Å². The van der Waals surface area contributed by atoms with Crippen LogP contribution in [0.5, 0.6) is 0 Å². The third-order valence-corrected chi connectivity index (χ3v) is 4.78. The molecule has 0 amide bonds. The molecule has 2 aliphatic rings. The predicted molar refractivity (Wildman–Crippen MR) is 95.2 cm³/mol. The highest BCUT2D eigenvalue weighted by Gasteiger charge is 2.32. The van der Waals surface area contributed by atoms with E-state index in [1.165, 1.54) is 30.4 Å². The highest BCUT2D eigenvalue weighted by molar-refractivity contribution is 6.31. The third-order valence-electron chi connectivity index (χ3n) is 4.45. The molecule has 0 radical (unpaired) electrons. The molecule has 1 N–H and O–H groups in total. The normalized spacial score (nSPS) is 20.3. The van der Waals surface area contributed by atoms with Gasteiger partial charge in [0.25, 0.3) is 0 Å². The first-order valence-corrected chi connectivity index (χ1v) is 7.83. The molecule has 1 aromatic rings. The van der Waals surface area contributed by atoms with Crippen LogP contribution in [0.4, 0.5) is 0 Å². The second-order valence-corrected chi connectivity index (χ2v) is 6.36. The second-order valence-electron chi connectivity index (χ2n) is 5.95. The van der Waals surface area contributed by atoms with Crippen molar-refractivity contribution in [2.24, 2.45) is 5.92 Å². The van der Waals surface area contributed by atoms with Gasteiger partial charge in [0.2, 0.25) is 0 Å². The molecule has 1 atom stereocenters. The average molecular weight is 352 g/mol. The van der Waals surface area contributed by atoms with Gasteiger partial charge in [-0.05, 0) is 36.5 Å². The lowest BCUT2D eigenvalue weighted by Crippen LogP contribution is -2.45. The first kappa shape index (κ1) is 19.1. The number of nitrogens with zero attached hydrogens (tertiary/aromatic N) is 1. The van der Waals surface area contributed by atoms with E-state index >= 15 is 0 Å². The predicted octanol–water partition coefficient (Wildman–Crippen LogP) is 4.24. The third kappa shape index (κ3) is 4.74. The minimum absolute atomic E-state index is 0. The van der Waals surface area contributed by atoms with Gasteiger partial charge in [-0.1, -0.05) is 36.6 Å². The number of rotatable bonds is 4. The van der Waals surface area contributed by atoms with Gasteiger partial charge in [-0.3, -0.25) is 4.90 Å². The molecule has 21 heavy (non-hydrogen) atoms. The summed E-state index contributed by atoms with van der Waals surface area (Å²) in [5.41, 5.74) is 2.72. The summed E-state index contributed by atoms with van der Waals surface area (Å²) in [5.74, 6) is 0.926. The molecule has 0 unspecified atom stereocenters. The topological polar surface area (TPSA) is 15.3 Å². The number of hydrogen-bond acceptors (Lipinski definition) is 2. The van der Waals surface area contributed by atoms with Crippen LogP contribution in [0, 0.1) is 12.8 Å². The summed E-state index contributed by atoms with van der Waals surface area (Å²) in [6.45, 7) is 6.68. The minimum Gasteiger partial charge on any atom is -0.314 e. The zero-order valence-electron chi connectivity index (χ0n) is 12.5. The smallest absolute Gasteiger partial charge is 0.0456 e. The lowest BCUT2D eigenvalue weighted by molar-refractivity contribution is 0.160. The quantitative estimate of drug-likeness (QED) is 0.873. The van der Waals surface area contributed by atoms with Crippen LogP contribution in [0.1, 0.15) is 36.4 Å². The van der Waals surface area contributed by atoms with Crippen molar-refractivity contribution in [2.45, 2.75) is 32.2 Å². The van der Waals surface area contributed by atoms with Crippen LogP contribution in [0.25, 0.3) is 0 Å². The Morgan fingerprint density at radius 3 is 2.48 bits per heavy atom. The zero-order chi connectivity index (χ0) is 13.2. The number of aryl methyl sites for hydroxylation is 1. The zero-order valence-corrected chi connectivity index (χ0v) is 14.9. The fourth-order valence-corrected chi connectivity index (χ4v) is 3.53. The lowest BCUT2D eigenvalue weighted by atomic mass is 9.95. The maximum Gasteiger partial charge on any atom is 0.0456 e. The van der Waals surface area contributed by atoms with Crippen LogP contribution in [0.3, 0.4) is 0 Å². The molecule has 2 nitrogen and oxygen atoms in total. The molecule has 0 bridgehead atoms. The van der Waals surface area contributed by atoms with E-state index in [4.69, 9.17) is 11.6 Å². The fourth-order valence-electron chi connectivity index (χ4n) is 3.18. The summed E-state index contributed by atoms with van der Waals surface area (Å²) in [7, 11) is 0. The molecule has 1 aliphatic carbocycles. The van der Waals surface area contributed by atoms with Crippen LogP contribution in [0.2, 0.25) is 5.02 Å². The Balaban J connectivity index is 0.00000110. The van der Waals surface area contributed by atoms with Gasteiger partial charge in [0.15, 0.2) is 0 Å². The summed E-state index contributed by atoms with van der Waals surface area (Å²) in [6, 6.07) is 6.82. The van der Waals surface area contributed by atoms with E-state index in [2.05, 4.69) is 29.3 Å². The number of benzene rings is 1. The summed E-state index contributed by atoms with van der Waals surface area (Å²) >= 11 is 6.51. The second kappa shape index (κ2) is 8.59. The van der Waals surface area contributed by atoms with E-state index in [-0.39, 0.29) is 24.8 Å². The van der Waals surface area contributed by atoms with Crippen molar-refractivity contribution in [1.82, 2.24) is 10.2 Å². The Labute approximate surface area is 145 Å². The van der Waals surface area contributed by atoms with Crippen LogP contribution < -0.4 is 5.32 Å². The molecule has 1 aliphatic heterocycles. The number of hydrogen-bond donors (Lipinski definition) is 1. The molecule has 1 saturated heterocycles. The SMILES string of the molecule is Cc1cccc(Cl)c1[C@H](CC1CC1)N1CCNCC1.Cl.Cl. The van der Waals surface area contributed by atoms with Gasteiger partial charge < -0.3 is 5.32 Å². The summed E-state index contributed by atoms with van der Waals surface area (Å²) < 4.78 is 0. The van der Waals surface area contributed by atoms with E-state index in [9.17, 15) is 0 Å². The van der Waals surface area contributed by atoms with Crippen molar-refractivity contribution < 1.29 is 0 Å². The number of piperazine rings is 1. The van der Waals surface area contributed by atoms with E-state index in [0.717, 1.165) is 37.1 Å². The standard InChI is InChI=1S/C16H23ClN2.2ClH/c1-12-3-2-4-14(17)16(12)15(11-13-5-6-13)19-9-7-18-8-10-19;;/h2-4,13,15,18H,5-11H2,1H3;2*1H/t15-;;/m0../s1. The molecule has 0 spiro atoms. The lowest BCUT2D eigenvalue weighted by Gasteiger charge is -2.36. The van der Waals surface area contributed by atoms with Gasteiger partial charge >= 0.3 is 0 Å². The van der Waals surface area contributed by atoms with Crippen LogP contribution in [0.15, 0.2) is 18.2 Å². The van der Waals surface area contributed by atoms with E-state index in [1.807, 2.05) is 6.07 Å². The summed E-state index contributed by atoms with van der Waals surface area (Å²) in [4.78, 5) is 2.63. The van der Waals surface area contributed by atoms with Gasteiger partial charge in [0, 0.05) is 37.2 Å². The molecular formula is C16H25Cl3N2. The molecule has 1 aromatic carbocycles. The molecule has 2 fully saturated rings. The molecular weight excluding hydrogens is 327 g/mol. The molecule has 3 rings (SSSR count). The summed E-state index contributed by atoms with van der Waals surface area (Å²) in [5, 5.41) is 4.39. The Kier molecular flexibility index (Phi) is 7.80. The Morgan fingerprint density at radius 2 is 1.90 bits per heavy atom. The minimum atomic E-state index is 0. The van der Waals surface area contributed by atoms with Gasteiger partial charge in [0.05, 0.1) is 0 Å². The van der Waals surface area contributed by atoms with Gasteiger partial charge in [-0.25, -0.2) is 0 Å². The first-order chi connectivity index (χ1) is 9.25. The van der Waals surface area contributed by atoms with Crippen LogP contribution >= 0.6 is 36.4 Å². The maximum absolute atomic E-state index is 6.51. The number of halogens is 3. The van der Waals surface area contributed by atoms with Crippen molar-refractivity contribution in [3.8, 4) is 0 Å². The first-order valence-electron chi connectivity index (χ1n) is 7.45. The Hall–Kier alpha value is 0.01000. The van der Waals surface area contributed by atoms with Crippen molar-refractivity contribution >= 4 is 36.4 Å². The van der Waals surface area contributed by atoms with E-state index in [0.29, 0.717) is 6.04 Å². The monoisotopic (exact) mass is 350 g/mol.